The third-order valence-electron chi connectivity index (χ3n) is 17.2. The number of ether oxygens (including phenoxy) is 4. The topological polar surface area (TPSA) is 237 Å². The molecule has 0 aromatic heterocycles. The van der Waals surface area contributed by atoms with Crippen molar-refractivity contribution in [3.05, 3.63) is 0 Å². The molecule has 0 bridgehead atoms. The van der Waals surface area contributed by atoms with Crippen LogP contribution in [0.15, 0.2) is 0 Å². The number of phosphoric acid groups is 2. The molecule has 552 valence electrons. The van der Waals surface area contributed by atoms with Crippen LogP contribution in [-0.4, -0.2) is 96.7 Å². The molecular formula is C74H144O17P2. The molecule has 5 atom stereocenters. The van der Waals surface area contributed by atoms with Crippen LogP contribution in [0, 0.1) is 11.8 Å². The summed E-state index contributed by atoms with van der Waals surface area (Å²) in [6, 6.07) is 0. The van der Waals surface area contributed by atoms with Crippen molar-refractivity contribution < 1.29 is 80.2 Å². The van der Waals surface area contributed by atoms with E-state index in [1.54, 1.807) is 0 Å². The number of carbonyl (C=O) groups is 4. The molecule has 0 aliphatic heterocycles. The zero-order chi connectivity index (χ0) is 68.6. The fraction of sp³-hybridized carbons (Fsp3) is 0.946. The first-order valence-corrected chi connectivity index (χ1v) is 41.5. The predicted molar refractivity (Wildman–Crippen MR) is 377 cm³/mol. The van der Waals surface area contributed by atoms with Crippen molar-refractivity contribution >= 4 is 39.5 Å². The largest absolute Gasteiger partial charge is 0.472 e. The Morgan fingerprint density at radius 3 is 0.731 bits per heavy atom. The van der Waals surface area contributed by atoms with Crippen molar-refractivity contribution in [2.75, 3.05) is 39.6 Å². The smallest absolute Gasteiger partial charge is 0.462 e. The lowest BCUT2D eigenvalue weighted by Gasteiger charge is -2.21. The van der Waals surface area contributed by atoms with Crippen molar-refractivity contribution in [1.82, 2.24) is 0 Å². The molecule has 2 unspecified atom stereocenters. The van der Waals surface area contributed by atoms with E-state index in [4.69, 9.17) is 37.0 Å². The van der Waals surface area contributed by atoms with Gasteiger partial charge in [-0.3, -0.25) is 37.3 Å². The Morgan fingerprint density at radius 2 is 0.495 bits per heavy atom. The molecule has 0 amide bonds. The molecule has 93 heavy (non-hydrogen) atoms. The summed E-state index contributed by atoms with van der Waals surface area (Å²) in [7, 11) is -9.90. The highest BCUT2D eigenvalue weighted by atomic mass is 31.2. The zero-order valence-corrected chi connectivity index (χ0v) is 62.3. The van der Waals surface area contributed by atoms with Gasteiger partial charge < -0.3 is 33.8 Å². The van der Waals surface area contributed by atoms with E-state index in [-0.39, 0.29) is 25.7 Å². The number of hydrogen-bond donors (Lipinski definition) is 3. The lowest BCUT2D eigenvalue weighted by atomic mass is 10.0. The number of aliphatic hydroxyl groups is 1. The van der Waals surface area contributed by atoms with E-state index in [2.05, 4.69) is 41.5 Å². The monoisotopic (exact) mass is 1370 g/mol. The fourth-order valence-electron chi connectivity index (χ4n) is 11.3. The van der Waals surface area contributed by atoms with Crippen LogP contribution in [0.2, 0.25) is 0 Å². The molecule has 19 heteroatoms. The van der Waals surface area contributed by atoms with Gasteiger partial charge >= 0.3 is 39.5 Å². The molecule has 0 rings (SSSR count). The molecule has 0 aliphatic rings. The quantitative estimate of drug-likeness (QED) is 0.0222. The Balaban J connectivity index is 5.12. The van der Waals surface area contributed by atoms with Gasteiger partial charge in [-0.15, -0.1) is 0 Å². The van der Waals surface area contributed by atoms with Gasteiger partial charge in [-0.1, -0.05) is 330 Å². The van der Waals surface area contributed by atoms with Gasteiger partial charge in [0.15, 0.2) is 12.2 Å². The molecule has 0 heterocycles. The first kappa shape index (κ1) is 91.1. The second-order valence-electron chi connectivity index (χ2n) is 27.6. The molecule has 0 radical (unpaired) electrons. The van der Waals surface area contributed by atoms with Gasteiger partial charge in [-0.2, -0.15) is 0 Å². The lowest BCUT2D eigenvalue weighted by molar-refractivity contribution is -0.161. The van der Waals surface area contributed by atoms with Crippen molar-refractivity contribution in [3.63, 3.8) is 0 Å². The summed E-state index contributed by atoms with van der Waals surface area (Å²) in [4.78, 5) is 72.4. The van der Waals surface area contributed by atoms with E-state index in [0.717, 1.165) is 108 Å². The molecular weight excluding hydrogens is 1220 g/mol. The summed E-state index contributed by atoms with van der Waals surface area (Å²) in [5.41, 5.74) is 0. The van der Waals surface area contributed by atoms with E-state index in [1.165, 1.54) is 193 Å². The van der Waals surface area contributed by atoms with Gasteiger partial charge in [0.1, 0.15) is 19.3 Å². The normalized spacial score (nSPS) is 14.1. The first-order valence-electron chi connectivity index (χ1n) is 38.5. The molecule has 0 saturated carbocycles. The Kier molecular flexibility index (Phi) is 64.6. The van der Waals surface area contributed by atoms with Gasteiger partial charge in [0.25, 0.3) is 0 Å². The number of hydrogen-bond acceptors (Lipinski definition) is 15. The third kappa shape index (κ3) is 68.4. The molecule has 0 aliphatic carbocycles. The Morgan fingerprint density at radius 1 is 0.290 bits per heavy atom. The minimum atomic E-state index is -4.95. The summed E-state index contributed by atoms with van der Waals surface area (Å²) >= 11 is 0. The highest BCUT2D eigenvalue weighted by Gasteiger charge is 2.30. The van der Waals surface area contributed by atoms with E-state index >= 15 is 0 Å². The lowest BCUT2D eigenvalue weighted by Crippen LogP contribution is -2.30. The van der Waals surface area contributed by atoms with Crippen molar-refractivity contribution in [2.45, 2.75) is 400 Å². The standard InChI is InChI=1S/C74H144O17P2/c1-7-9-11-13-14-15-16-23-29-35-40-46-52-58-73(78)90-69(62-84-71(76)56-50-42-12-10-8-2)64-88-92(80,81)86-60-68(75)61-87-93(82,83)89-65-70(63-85-72(77)57-51-45-39-34-31-26-28-33-38-44-49-55-67(5)6)91-74(79)59-53-47-41-36-30-25-22-20-18-17-19-21-24-27-32-37-43-48-54-66(3)4/h66-70,75H,7-65H2,1-6H3,(H,80,81)(H,82,83)/t68-,69+,70+/m0/s1. The Hall–Kier alpha value is -1.94. The van der Waals surface area contributed by atoms with Crippen molar-refractivity contribution in [3.8, 4) is 0 Å². The molecule has 3 N–H and O–H groups in total. The molecule has 17 nitrogen and oxygen atoms in total. The van der Waals surface area contributed by atoms with E-state index in [0.29, 0.717) is 25.7 Å². The SMILES string of the molecule is CCCCCCCCCCCCCCCC(=O)O[C@H](COC(=O)CCCCCCC)COP(=O)(O)OC[C@H](O)COP(=O)(O)OC[C@@H](COC(=O)CCCCCCCCCCCCCC(C)C)OC(=O)CCCCCCCCCCCCCCCCCCCCC(C)C. The summed E-state index contributed by atoms with van der Waals surface area (Å²) in [5.74, 6) is -0.538. The van der Waals surface area contributed by atoms with Gasteiger partial charge in [0.05, 0.1) is 26.4 Å². The molecule has 0 spiro atoms. The average Bonchev–Trinajstić information content (AvgIpc) is 2.21. The first-order chi connectivity index (χ1) is 44.9. The highest BCUT2D eigenvalue weighted by molar-refractivity contribution is 7.47. The maximum atomic E-state index is 13.1. The number of esters is 4. The van der Waals surface area contributed by atoms with Crippen LogP contribution < -0.4 is 0 Å². The van der Waals surface area contributed by atoms with Gasteiger partial charge in [0.2, 0.25) is 0 Å². The Bertz CT molecular complexity index is 1800. The van der Waals surface area contributed by atoms with Crippen LogP contribution in [0.3, 0.4) is 0 Å². The van der Waals surface area contributed by atoms with E-state index in [9.17, 15) is 43.2 Å². The van der Waals surface area contributed by atoms with Crippen LogP contribution in [-0.2, 0) is 65.4 Å². The summed E-state index contributed by atoms with van der Waals surface area (Å²) in [6.45, 7) is 9.53. The third-order valence-corrected chi connectivity index (χ3v) is 19.1. The number of unbranched alkanes of at least 4 members (excludes halogenated alkanes) is 43. The predicted octanol–water partition coefficient (Wildman–Crippen LogP) is 21.6. The second-order valence-corrected chi connectivity index (χ2v) is 30.5. The van der Waals surface area contributed by atoms with Crippen LogP contribution in [0.1, 0.15) is 382 Å². The number of phosphoric ester groups is 2. The van der Waals surface area contributed by atoms with Crippen LogP contribution >= 0.6 is 15.6 Å². The van der Waals surface area contributed by atoms with Crippen molar-refractivity contribution in [1.29, 1.82) is 0 Å². The minimum absolute atomic E-state index is 0.107. The fourth-order valence-corrected chi connectivity index (χ4v) is 12.9. The molecule has 0 aromatic carbocycles. The molecule has 0 saturated heterocycles. The van der Waals surface area contributed by atoms with Gasteiger partial charge in [0, 0.05) is 25.7 Å². The second kappa shape index (κ2) is 66.0. The zero-order valence-electron chi connectivity index (χ0n) is 60.6. The Labute approximate surface area is 568 Å². The van der Waals surface area contributed by atoms with E-state index in [1.807, 2.05) is 0 Å². The van der Waals surface area contributed by atoms with Gasteiger partial charge in [-0.05, 0) is 37.5 Å². The van der Waals surface area contributed by atoms with Crippen molar-refractivity contribution in [2.24, 2.45) is 11.8 Å². The molecule has 0 fully saturated rings. The number of aliphatic hydroxyl groups excluding tert-OH is 1. The summed E-state index contributed by atoms with van der Waals surface area (Å²) < 4.78 is 68.2. The maximum absolute atomic E-state index is 13.1. The summed E-state index contributed by atoms with van der Waals surface area (Å²) in [5, 5.41) is 10.6. The van der Waals surface area contributed by atoms with Crippen LogP contribution in [0.5, 0.6) is 0 Å². The maximum Gasteiger partial charge on any atom is 0.472 e. The van der Waals surface area contributed by atoms with E-state index < -0.39 is 97.5 Å². The molecule has 0 aromatic rings. The average molecular weight is 1370 g/mol. The minimum Gasteiger partial charge on any atom is -0.462 e. The van der Waals surface area contributed by atoms with Gasteiger partial charge in [-0.25, -0.2) is 9.13 Å². The van der Waals surface area contributed by atoms with Crippen LogP contribution in [0.4, 0.5) is 0 Å². The number of rotatable bonds is 73. The highest BCUT2D eigenvalue weighted by Crippen LogP contribution is 2.45. The number of carbonyl (C=O) groups excluding carboxylic acids is 4. The summed E-state index contributed by atoms with van der Waals surface area (Å²) in [6.07, 6.45) is 53.1. The van der Waals surface area contributed by atoms with Crippen LogP contribution in [0.25, 0.3) is 0 Å².